The second-order valence-corrected chi connectivity index (χ2v) is 8.77. The van der Waals surface area contributed by atoms with E-state index in [4.69, 9.17) is 0 Å². The van der Waals surface area contributed by atoms with Crippen molar-refractivity contribution in [2.45, 2.75) is 36.6 Å². The molecule has 0 saturated heterocycles. The number of aromatic amines is 1. The highest BCUT2D eigenvalue weighted by molar-refractivity contribution is 9.10. The van der Waals surface area contributed by atoms with Crippen LogP contribution >= 0.6 is 15.9 Å². The van der Waals surface area contributed by atoms with E-state index in [1.807, 2.05) is 0 Å². The number of benzene rings is 1. The van der Waals surface area contributed by atoms with Crippen molar-refractivity contribution >= 4 is 37.5 Å². The standard InChI is InChI=1S/C17H18BrN3O4S/c18-12-9-15(17(23)19-10-12)20-16(22)11-4-3-7-14(8-11)26(24,25)21-13-5-1-2-6-13/h3-4,7-10,13,21H,1-2,5-6H2,(H,19,23)(H,20,22). The van der Waals surface area contributed by atoms with Crippen molar-refractivity contribution in [2.24, 2.45) is 0 Å². The number of nitrogens with one attached hydrogen (secondary N) is 3. The van der Waals surface area contributed by atoms with Gasteiger partial charge in [0.25, 0.3) is 11.5 Å². The maximum Gasteiger partial charge on any atom is 0.271 e. The Bertz CT molecular complexity index is 981. The van der Waals surface area contributed by atoms with E-state index in [0.29, 0.717) is 4.47 Å². The molecule has 0 radical (unpaired) electrons. The minimum absolute atomic E-state index is 0.0280. The minimum atomic E-state index is -3.69. The molecular weight excluding hydrogens is 422 g/mol. The number of rotatable bonds is 5. The van der Waals surface area contributed by atoms with Crippen LogP contribution in [-0.2, 0) is 10.0 Å². The van der Waals surface area contributed by atoms with Crippen LogP contribution in [0.3, 0.4) is 0 Å². The zero-order valence-electron chi connectivity index (χ0n) is 13.8. The van der Waals surface area contributed by atoms with Crippen LogP contribution in [-0.4, -0.2) is 25.4 Å². The first-order valence-corrected chi connectivity index (χ1v) is 10.4. The Morgan fingerprint density at radius 2 is 1.92 bits per heavy atom. The lowest BCUT2D eigenvalue weighted by Crippen LogP contribution is -2.32. The third-order valence-corrected chi connectivity index (χ3v) is 6.18. The molecule has 0 unspecified atom stereocenters. The van der Waals surface area contributed by atoms with Crippen molar-refractivity contribution in [3.8, 4) is 0 Å². The SMILES string of the molecule is O=C(Nc1cc(Br)c[nH]c1=O)c1cccc(S(=O)(=O)NC2CCCC2)c1. The van der Waals surface area contributed by atoms with E-state index in [1.165, 1.54) is 36.5 Å². The molecule has 26 heavy (non-hydrogen) atoms. The summed E-state index contributed by atoms with van der Waals surface area (Å²) in [6.07, 6.45) is 5.13. The van der Waals surface area contributed by atoms with Crippen LogP contribution < -0.4 is 15.6 Å². The van der Waals surface area contributed by atoms with Crippen molar-refractivity contribution in [3.63, 3.8) is 0 Å². The van der Waals surface area contributed by atoms with Crippen LogP contribution in [0.25, 0.3) is 0 Å². The van der Waals surface area contributed by atoms with Gasteiger partial charge in [-0.15, -0.1) is 0 Å². The fourth-order valence-electron chi connectivity index (χ4n) is 2.88. The van der Waals surface area contributed by atoms with Gasteiger partial charge in [-0.05, 0) is 53.0 Å². The van der Waals surface area contributed by atoms with E-state index in [-0.39, 0.29) is 22.2 Å². The highest BCUT2D eigenvalue weighted by atomic mass is 79.9. The highest BCUT2D eigenvalue weighted by Crippen LogP contribution is 2.21. The Balaban J connectivity index is 1.81. The number of H-pyrrole nitrogens is 1. The summed E-state index contributed by atoms with van der Waals surface area (Å²) in [5, 5.41) is 2.49. The van der Waals surface area contributed by atoms with Gasteiger partial charge in [-0.1, -0.05) is 18.9 Å². The van der Waals surface area contributed by atoms with Crippen LogP contribution in [0.2, 0.25) is 0 Å². The summed E-state index contributed by atoms with van der Waals surface area (Å²) in [4.78, 5) is 26.7. The lowest BCUT2D eigenvalue weighted by molar-refractivity contribution is 0.102. The molecular formula is C17H18BrN3O4S. The summed E-state index contributed by atoms with van der Waals surface area (Å²) in [5.74, 6) is -0.563. The average Bonchev–Trinajstić information content (AvgIpc) is 3.10. The monoisotopic (exact) mass is 439 g/mol. The van der Waals surface area contributed by atoms with Crippen LogP contribution in [0.1, 0.15) is 36.0 Å². The van der Waals surface area contributed by atoms with Crippen molar-refractivity contribution in [2.75, 3.05) is 5.32 Å². The third-order valence-electron chi connectivity index (χ3n) is 4.20. The topological polar surface area (TPSA) is 108 Å². The van der Waals surface area contributed by atoms with Crippen molar-refractivity contribution < 1.29 is 13.2 Å². The number of carbonyl (C=O) groups excluding carboxylic acids is 1. The van der Waals surface area contributed by atoms with E-state index >= 15 is 0 Å². The second-order valence-electron chi connectivity index (χ2n) is 6.15. The summed E-state index contributed by atoms with van der Waals surface area (Å²) in [6.45, 7) is 0. The Labute approximate surface area is 159 Å². The lowest BCUT2D eigenvalue weighted by atomic mass is 10.2. The van der Waals surface area contributed by atoms with E-state index in [9.17, 15) is 18.0 Å². The number of halogens is 1. The summed E-state index contributed by atoms with van der Waals surface area (Å²) in [6, 6.07) is 7.16. The smallest absolute Gasteiger partial charge is 0.271 e. The zero-order valence-corrected chi connectivity index (χ0v) is 16.2. The average molecular weight is 440 g/mol. The molecule has 1 aliphatic rings. The second kappa shape index (κ2) is 7.73. The van der Waals surface area contributed by atoms with Gasteiger partial charge < -0.3 is 10.3 Å². The molecule has 3 rings (SSSR count). The van der Waals surface area contributed by atoms with Crippen LogP contribution in [0.5, 0.6) is 0 Å². The normalized spacial score (nSPS) is 15.1. The van der Waals surface area contributed by atoms with Gasteiger partial charge in [0.2, 0.25) is 10.0 Å². The number of pyridine rings is 1. The van der Waals surface area contributed by atoms with Crippen molar-refractivity contribution in [1.29, 1.82) is 0 Å². The molecule has 0 atom stereocenters. The molecule has 0 bridgehead atoms. The molecule has 1 aliphatic carbocycles. The Kier molecular flexibility index (Phi) is 5.59. The summed E-state index contributed by atoms with van der Waals surface area (Å²) in [7, 11) is -3.69. The fourth-order valence-corrected chi connectivity index (χ4v) is 4.57. The minimum Gasteiger partial charge on any atom is -0.326 e. The van der Waals surface area contributed by atoms with Gasteiger partial charge in [0.15, 0.2) is 0 Å². The Morgan fingerprint density at radius 3 is 2.65 bits per heavy atom. The molecule has 1 aromatic heterocycles. The Hall–Kier alpha value is -1.97. The van der Waals surface area contributed by atoms with Crippen LogP contribution in [0.4, 0.5) is 5.69 Å². The number of hydrogen-bond acceptors (Lipinski definition) is 4. The van der Waals surface area contributed by atoms with E-state index in [0.717, 1.165) is 25.7 Å². The number of aromatic nitrogens is 1. The van der Waals surface area contributed by atoms with Gasteiger partial charge in [-0.25, -0.2) is 13.1 Å². The molecule has 3 N–H and O–H groups in total. The van der Waals surface area contributed by atoms with Gasteiger partial charge in [0.1, 0.15) is 5.69 Å². The predicted molar refractivity (Wildman–Crippen MR) is 102 cm³/mol. The van der Waals surface area contributed by atoms with Gasteiger partial charge >= 0.3 is 0 Å². The molecule has 2 aromatic rings. The summed E-state index contributed by atoms with van der Waals surface area (Å²) >= 11 is 3.21. The molecule has 7 nitrogen and oxygen atoms in total. The van der Waals surface area contributed by atoms with Gasteiger partial charge in [-0.2, -0.15) is 0 Å². The number of anilines is 1. The largest absolute Gasteiger partial charge is 0.326 e. The maximum absolute atomic E-state index is 12.5. The first-order valence-electron chi connectivity index (χ1n) is 8.17. The van der Waals surface area contributed by atoms with E-state index in [1.54, 1.807) is 0 Å². The number of amides is 1. The van der Waals surface area contributed by atoms with Gasteiger partial charge in [0, 0.05) is 22.3 Å². The van der Waals surface area contributed by atoms with E-state index < -0.39 is 21.5 Å². The molecule has 1 saturated carbocycles. The molecule has 9 heteroatoms. The Morgan fingerprint density at radius 1 is 1.19 bits per heavy atom. The molecule has 1 heterocycles. The molecule has 1 aromatic carbocycles. The zero-order chi connectivity index (χ0) is 18.7. The van der Waals surface area contributed by atoms with Crippen molar-refractivity contribution in [3.05, 3.63) is 56.9 Å². The number of sulfonamides is 1. The predicted octanol–water partition coefficient (Wildman–Crippen LogP) is 2.61. The first-order chi connectivity index (χ1) is 12.3. The number of hydrogen-bond donors (Lipinski definition) is 3. The van der Waals surface area contributed by atoms with Crippen LogP contribution in [0, 0.1) is 0 Å². The first kappa shape index (κ1) is 18.8. The summed E-state index contributed by atoms with van der Waals surface area (Å²) in [5.41, 5.74) is -0.228. The van der Waals surface area contributed by atoms with Gasteiger partial charge in [-0.3, -0.25) is 9.59 Å². The van der Waals surface area contributed by atoms with Gasteiger partial charge in [0.05, 0.1) is 4.90 Å². The fraction of sp³-hybridized carbons (Fsp3) is 0.294. The maximum atomic E-state index is 12.5. The molecule has 1 amide bonds. The summed E-state index contributed by atoms with van der Waals surface area (Å²) < 4.78 is 28.3. The van der Waals surface area contributed by atoms with Crippen LogP contribution in [0.15, 0.2) is 50.7 Å². The molecule has 0 spiro atoms. The number of carbonyl (C=O) groups is 1. The molecule has 1 fully saturated rings. The molecule has 138 valence electrons. The third kappa shape index (κ3) is 4.40. The quantitative estimate of drug-likeness (QED) is 0.664. The molecule has 0 aliphatic heterocycles. The highest BCUT2D eigenvalue weighted by Gasteiger charge is 2.23. The van der Waals surface area contributed by atoms with E-state index in [2.05, 4.69) is 31.0 Å². The lowest BCUT2D eigenvalue weighted by Gasteiger charge is -2.13. The van der Waals surface area contributed by atoms with Crippen molar-refractivity contribution in [1.82, 2.24) is 9.71 Å².